The van der Waals surface area contributed by atoms with Gasteiger partial charge in [-0.2, -0.15) is 0 Å². The van der Waals surface area contributed by atoms with Gasteiger partial charge in [-0.15, -0.1) is 6.58 Å². The summed E-state index contributed by atoms with van der Waals surface area (Å²) in [6, 6.07) is 2.29. The van der Waals surface area contributed by atoms with Crippen LogP contribution in [-0.4, -0.2) is 35.0 Å². The molecule has 0 aliphatic carbocycles. The number of nitrogens with one attached hydrogen (secondary N) is 1. The van der Waals surface area contributed by atoms with Gasteiger partial charge >= 0.3 is 0 Å². The van der Waals surface area contributed by atoms with Gasteiger partial charge in [-0.1, -0.05) is 13.0 Å². The van der Waals surface area contributed by atoms with Crippen LogP contribution in [0.4, 0.5) is 5.82 Å². The second kappa shape index (κ2) is 6.90. The Labute approximate surface area is 132 Å². The van der Waals surface area contributed by atoms with Crippen molar-refractivity contribution in [1.82, 2.24) is 15.3 Å². The number of carbonyl (C=O) groups is 1. The predicted octanol–water partition coefficient (Wildman–Crippen LogP) is 2.34. The van der Waals surface area contributed by atoms with Gasteiger partial charge in [-0.25, -0.2) is 9.97 Å². The van der Waals surface area contributed by atoms with Crippen molar-refractivity contribution in [2.24, 2.45) is 5.41 Å². The maximum absolute atomic E-state index is 12.2. The quantitative estimate of drug-likeness (QED) is 0.848. The summed E-state index contributed by atoms with van der Waals surface area (Å²) in [5, 5.41) is 3.14. The lowest BCUT2D eigenvalue weighted by Gasteiger charge is -2.34. The largest absolute Gasteiger partial charge is 0.356 e. The summed E-state index contributed by atoms with van der Waals surface area (Å²) in [6.45, 7) is 11.4. The van der Waals surface area contributed by atoms with E-state index in [1.807, 2.05) is 13.8 Å². The van der Waals surface area contributed by atoms with E-state index in [0.717, 1.165) is 43.9 Å². The van der Waals surface area contributed by atoms with Crippen molar-refractivity contribution < 1.29 is 4.79 Å². The van der Waals surface area contributed by atoms with Crippen LogP contribution >= 0.6 is 0 Å². The van der Waals surface area contributed by atoms with Gasteiger partial charge in [0.1, 0.15) is 12.1 Å². The fourth-order valence-electron chi connectivity index (χ4n) is 2.47. The zero-order chi connectivity index (χ0) is 16.2. The number of nitrogens with zero attached hydrogens (tertiary/aromatic N) is 3. The first kappa shape index (κ1) is 16.5. The molecule has 2 heterocycles. The number of carbonyl (C=O) groups excluding carboxylic acids is 1. The van der Waals surface area contributed by atoms with Crippen LogP contribution in [0.5, 0.6) is 0 Å². The van der Waals surface area contributed by atoms with E-state index in [-0.39, 0.29) is 11.9 Å². The summed E-state index contributed by atoms with van der Waals surface area (Å²) >= 11 is 0. The molecule has 1 saturated heterocycles. The van der Waals surface area contributed by atoms with Gasteiger partial charge < -0.3 is 10.2 Å². The Hall–Kier alpha value is -1.91. The highest BCUT2D eigenvalue weighted by molar-refractivity contribution is 5.83. The van der Waals surface area contributed by atoms with Crippen molar-refractivity contribution >= 4 is 11.7 Å². The highest BCUT2D eigenvalue weighted by atomic mass is 16.2. The molecule has 0 unspecified atom stereocenters. The first-order valence-corrected chi connectivity index (χ1v) is 7.96. The second-order valence-corrected chi connectivity index (χ2v) is 6.38. The fourth-order valence-corrected chi connectivity index (χ4v) is 2.47. The third-order valence-corrected chi connectivity index (χ3v) is 4.32. The van der Waals surface area contributed by atoms with E-state index in [4.69, 9.17) is 0 Å². The van der Waals surface area contributed by atoms with Gasteiger partial charge in [0, 0.05) is 30.9 Å². The SMILES string of the molecule is C=CC(C)(C)C(=O)NC1CCN(c2cc(CC)ncn2)CC1. The number of rotatable bonds is 5. The number of aryl methyl sites for hydroxylation is 1. The Morgan fingerprint density at radius 2 is 2.14 bits per heavy atom. The molecule has 0 radical (unpaired) electrons. The van der Waals surface area contributed by atoms with Gasteiger partial charge in [0.05, 0.1) is 5.41 Å². The molecule has 0 saturated carbocycles. The number of hydrogen-bond donors (Lipinski definition) is 1. The molecule has 1 amide bonds. The summed E-state index contributed by atoms with van der Waals surface area (Å²) in [7, 11) is 0. The smallest absolute Gasteiger partial charge is 0.229 e. The Morgan fingerprint density at radius 1 is 1.45 bits per heavy atom. The number of amides is 1. The molecule has 0 atom stereocenters. The lowest BCUT2D eigenvalue weighted by atomic mass is 9.91. The second-order valence-electron chi connectivity index (χ2n) is 6.38. The Morgan fingerprint density at radius 3 is 2.73 bits per heavy atom. The molecular weight excluding hydrogens is 276 g/mol. The molecule has 0 bridgehead atoms. The van der Waals surface area contributed by atoms with Crippen molar-refractivity contribution in [3.63, 3.8) is 0 Å². The summed E-state index contributed by atoms with van der Waals surface area (Å²) in [6.07, 6.45) is 6.12. The summed E-state index contributed by atoms with van der Waals surface area (Å²) in [5.74, 6) is 1.04. The highest BCUT2D eigenvalue weighted by Gasteiger charge is 2.28. The molecule has 1 aromatic rings. The molecule has 1 N–H and O–H groups in total. The van der Waals surface area contributed by atoms with Crippen molar-refractivity contribution in [1.29, 1.82) is 0 Å². The van der Waals surface area contributed by atoms with Crippen LogP contribution in [-0.2, 0) is 11.2 Å². The van der Waals surface area contributed by atoms with E-state index in [0.29, 0.717) is 0 Å². The molecule has 1 aliphatic heterocycles. The number of aromatic nitrogens is 2. The monoisotopic (exact) mass is 302 g/mol. The number of hydrogen-bond acceptors (Lipinski definition) is 4. The Kier molecular flexibility index (Phi) is 5.16. The minimum absolute atomic E-state index is 0.0521. The molecule has 0 aromatic carbocycles. The van der Waals surface area contributed by atoms with Crippen LogP contribution in [0.15, 0.2) is 25.0 Å². The number of piperidine rings is 1. The van der Waals surface area contributed by atoms with E-state index < -0.39 is 5.41 Å². The van der Waals surface area contributed by atoms with Crippen LogP contribution in [0.25, 0.3) is 0 Å². The lowest BCUT2D eigenvalue weighted by molar-refractivity contribution is -0.128. The van der Waals surface area contributed by atoms with E-state index >= 15 is 0 Å². The normalized spacial score (nSPS) is 16.4. The van der Waals surface area contributed by atoms with E-state index in [1.165, 1.54) is 0 Å². The molecule has 5 heteroatoms. The summed E-state index contributed by atoms with van der Waals surface area (Å²) in [4.78, 5) is 23.1. The zero-order valence-electron chi connectivity index (χ0n) is 13.8. The zero-order valence-corrected chi connectivity index (χ0v) is 13.8. The average molecular weight is 302 g/mol. The van der Waals surface area contributed by atoms with Crippen LogP contribution in [0.2, 0.25) is 0 Å². The molecule has 5 nitrogen and oxygen atoms in total. The van der Waals surface area contributed by atoms with Crippen LogP contribution < -0.4 is 10.2 Å². The molecule has 1 fully saturated rings. The van der Waals surface area contributed by atoms with Gasteiger partial charge in [-0.3, -0.25) is 4.79 Å². The fraction of sp³-hybridized carbons (Fsp3) is 0.588. The molecule has 2 rings (SSSR count). The maximum atomic E-state index is 12.2. The Balaban J connectivity index is 1.90. The molecule has 22 heavy (non-hydrogen) atoms. The van der Waals surface area contributed by atoms with E-state index in [9.17, 15) is 4.79 Å². The van der Waals surface area contributed by atoms with Crippen molar-refractivity contribution in [2.45, 2.75) is 46.1 Å². The summed E-state index contributed by atoms with van der Waals surface area (Å²) in [5.41, 5.74) is 0.549. The molecule has 0 spiro atoms. The van der Waals surface area contributed by atoms with Crippen molar-refractivity contribution in [3.8, 4) is 0 Å². The maximum Gasteiger partial charge on any atom is 0.229 e. The Bertz CT molecular complexity index is 533. The van der Waals surface area contributed by atoms with Crippen LogP contribution in [0.3, 0.4) is 0 Å². The van der Waals surface area contributed by atoms with Gasteiger partial charge in [-0.05, 0) is 33.1 Å². The van der Waals surface area contributed by atoms with Gasteiger partial charge in [0.25, 0.3) is 0 Å². The predicted molar refractivity (Wildman–Crippen MR) is 88.8 cm³/mol. The molecule has 1 aromatic heterocycles. The third kappa shape index (κ3) is 3.84. The van der Waals surface area contributed by atoms with Crippen molar-refractivity contribution in [3.05, 3.63) is 30.7 Å². The molecule has 1 aliphatic rings. The first-order chi connectivity index (χ1) is 10.5. The van der Waals surface area contributed by atoms with E-state index in [2.05, 4.69) is 39.8 Å². The van der Waals surface area contributed by atoms with Gasteiger partial charge in [0.15, 0.2) is 0 Å². The van der Waals surface area contributed by atoms with Crippen molar-refractivity contribution in [2.75, 3.05) is 18.0 Å². The minimum atomic E-state index is -0.514. The lowest BCUT2D eigenvalue weighted by Crippen LogP contribution is -2.48. The average Bonchev–Trinajstić information content (AvgIpc) is 2.55. The number of anilines is 1. The minimum Gasteiger partial charge on any atom is -0.356 e. The highest BCUT2D eigenvalue weighted by Crippen LogP contribution is 2.21. The third-order valence-electron chi connectivity index (χ3n) is 4.32. The van der Waals surface area contributed by atoms with Crippen LogP contribution in [0, 0.1) is 5.41 Å². The standard InChI is InChI=1S/C17H26N4O/c1-5-13-11-15(19-12-18-13)21-9-7-14(8-10-21)20-16(22)17(3,4)6-2/h6,11-12,14H,2,5,7-10H2,1,3-4H3,(H,20,22). The van der Waals surface area contributed by atoms with E-state index in [1.54, 1.807) is 12.4 Å². The first-order valence-electron chi connectivity index (χ1n) is 7.96. The molecule has 120 valence electrons. The molecular formula is C17H26N4O. The topological polar surface area (TPSA) is 58.1 Å². The van der Waals surface area contributed by atoms with Crippen LogP contribution in [0.1, 0.15) is 39.3 Å². The van der Waals surface area contributed by atoms with Gasteiger partial charge in [0.2, 0.25) is 5.91 Å². The summed E-state index contributed by atoms with van der Waals surface area (Å²) < 4.78 is 0.